The van der Waals surface area contributed by atoms with Gasteiger partial charge in [-0.1, -0.05) is 0 Å². The van der Waals surface area contributed by atoms with Crippen molar-refractivity contribution in [3.63, 3.8) is 0 Å². The summed E-state index contributed by atoms with van der Waals surface area (Å²) >= 11 is 0. The molecule has 2 aliphatic heterocycles. The SMILES string of the molecule is OC[C@@H]1O[C@@H](O)[C@H](O)[C@H](O[C@H]2O[C@H](CO)[C@@H](O)[C@@H](O)[C@H]2O)[C@@H]1O. The Labute approximate surface area is 130 Å². The van der Waals surface area contributed by atoms with Gasteiger partial charge in [0.2, 0.25) is 0 Å². The molecule has 136 valence electrons. The van der Waals surface area contributed by atoms with E-state index in [1.54, 1.807) is 0 Å². The van der Waals surface area contributed by atoms with E-state index < -0.39 is 74.6 Å². The number of ether oxygens (including phenoxy) is 3. The lowest BCUT2D eigenvalue weighted by Crippen LogP contribution is -2.64. The second-order valence-electron chi connectivity index (χ2n) is 5.53. The largest absolute Gasteiger partial charge is 0.394 e. The molecule has 2 rings (SSSR count). The van der Waals surface area contributed by atoms with Crippen molar-refractivity contribution in [3.05, 3.63) is 0 Å². The smallest absolute Gasteiger partial charge is 0.187 e. The highest BCUT2D eigenvalue weighted by atomic mass is 16.7. The minimum absolute atomic E-state index is 0.667. The van der Waals surface area contributed by atoms with Crippen molar-refractivity contribution in [1.82, 2.24) is 0 Å². The van der Waals surface area contributed by atoms with E-state index >= 15 is 0 Å². The summed E-state index contributed by atoms with van der Waals surface area (Å²) < 4.78 is 15.1. The van der Waals surface area contributed by atoms with Crippen LogP contribution in [-0.4, -0.2) is 115 Å². The Balaban J connectivity index is 2.11. The van der Waals surface area contributed by atoms with Crippen LogP contribution < -0.4 is 0 Å². The monoisotopic (exact) mass is 342 g/mol. The normalized spacial score (nSPS) is 51.7. The first-order valence-corrected chi connectivity index (χ1v) is 7.08. The zero-order valence-corrected chi connectivity index (χ0v) is 12.0. The highest BCUT2D eigenvalue weighted by molar-refractivity contribution is 4.93. The standard InChI is InChI=1S/C12H22O11/c13-1-3-5(15)7(17)8(18)12(22-3)23-10-6(16)4(2-14)21-11(20)9(10)19/h3-20H,1-2H2/t3-,4+,5-,6-,7-,8-,9-,10-,11-,12-/m1/s1. The average Bonchev–Trinajstić information content (AvgIpc) is 2.54. The van der Waals surface area contributed by atoms with Crippen LogP contribution in [0.5, 0.6) is 0 Å². The molecule has 0 saturated carbocycles. The van der Waals surface area contributed by atoms with Gasteiger partial charge in [0.25, 0.3) is 0 Å². The lowest BCUT2D eigenvalue weighted by molar-refractivity contribution is -0.355. The maximum atomic E-state index is 10.00. The van der Waals surface area contributed by atoms with Crippen LogP contribution >= 0.6 is 0 Å². The van der Waals surface area contributed by atoms with E-state index in [1.165, 1.54) is 0 Å². The second-order valence-corrected chi connectivity index (χ2v) is 5.53. The van der Waals surface area contributed by atoms with Gasteiger partial charge in [0.1, 0.15) is 48.8 Å². The molecule has 0 aromatic rings. The molecule has 0 radical (unpaired) electrons. The molecule has 0 unspecified atom stereocenters. The van der Waals surface area contributed by atoms with Crippen LogP contribution in [-0.2, 0) is 14.2 Å². The van der Waals surface area contributed by atoms with Crippen LogP contribution in [0.4, 0.5) is 0 Å². The van der Waals surface area contributed by atoms with E-state index in [4.69, 9.17) is 24.4 Å². The fourth-order valence-corrected chi connectivity index (χ4v) is 2.56. The minimum Gasteiger partial charge on any atom is -0.394 e. The lowest BCUT2D eigenvalue weighted by Gasteiger charge is -2.45. The molecule has 0 aromatic carbocycles. The predicted molar refractivity (Wildman–Crippen MR) is 68.6 cm³/mol. The van der Waals surface area contributed by atoms with Gasteiger partial charge in [0, 0.05) is 0 Å². The molecular formula is C12H22O11. The third kappa shape index (κ3) is 3.65. The molecule has 2 fully saturated rings. The van der Waals surface area contributed by atoms with Gasteiger partial charge < -0.3 is 55.1 Å². The van der Waals surface area contributed by atoms with Crippen molar-refractivity contribution in [3.8, 4) is 0 Å². The quantitative estimate of drug-likeness (QED) is 0.243. The second kappa shape index (κ2) is 7.63. The van der Waals surface area contributed by atoms with Crippen molar-refractivity contribution in [2.75, 3.05) is 13.2 Å². The van der Waals surface area contributed by atoms with Crippen molar-refractivity contribution >= 4 is 0 Å². The van der Waals surface area contributed by atoms with E-state index in [0.29, 0.717) is 0 Å². The fraction of sp³-hybridized carbons (Fsp3) is 1.00. The minimum atomic E-state index is -1.76. The summed E-state index contributed by atoms with van der Waals surface area (Å²) in [5.41, 5.74) is 0. The van der Waals surface area contributed by atoms with E-state index in [2.05, 4.69) is 0 Å². The fourth-order valence-electron chi connectivity index (χ4n) is 2.56. The van der Waals surface area contributed by atoms with Crippen LogP contribution in [0.1, 0.15) is 0 Å². The van der Waals surface area contributed by atoms with Crippen molar-refractivity contribution in [2.24, 2.45) is 0 Å². The molecule has 11 nitrogen and oxygen atoms in total. The van der Waals surface area contributed by atoms with E-state index in [9.17, 15) is 30.6 Å². The van der Waals surface area contributed by atoms with Gasteiger partial charge >= 0.3 is 0 Å². The summed E-state index contributed by atoms with van der Waals surface area (Å²) in [7, 11) is 0. The average molecular weight is 342 g/mol. The Kier molecular flexibility index (Phi) is 6.27. The molecule has 10 atom stereocenters. The lowest BCUT2D eigenvalue weighted by atomic mass is 9.97. The van der Waals surface area contributed by atoms with E-state index in [1.807, 2.05) is 0 Å². The van der Waals surface area contributed by atoms with Crippen molar-refractivity contribution in [2.45, 2.75) is 61.4 Å². The topological polar surface area (TPSA) is 190 Å². The maximum absolute atomic E-state index is 10.00. The highest BCUT2D eigenvalue weighted by Gasteiger charge is 2.50. The first kappa shape index (κ1) is 18.9. The predicted octanol–water partition coefficient (Wildman–Crippen LogP) is -5.40. The van der Waals surface area contributed by atoms with Crippen LogP contribution in [0.15, 0.2) is 0 Å². The Bertz CT molecular complexity index is 380. The molecule has 0 aromatic heterocycles. The molecule has 23 heavy (non-hydrogen) atoms. The number of aliphatic hydroxyl groups excluding tert-OH is 8. The van der Waals surface area contributed by atoms with Gasteiger partial charge in [-0.05, 0) is 0 Å². The number of rotatable bonds is 4. The molecule has 8 N–H and O–H groups in total. The van der Waals surface area contributed by atoms with Crippen LogP contribution in [0.2, 0.25) is 0 Å². The van der Waals surface area contributed by atoms with E-state index in [0.717, 1.165) is 0 Å². The van der Waals surface area contributed by atoms with Crippen LogP contribution in [0.3, 0.4) is 0 Å². The van der Waals surface area contributed by atoms with Crippen molar-refractivity contribution < 1.29 is 55.1 Å². The molecule has 0 spiro atoms. The number of hydrogen-bond donors (Lipinski definition) is 8. The summed E-state index contributed by atoms with van der Waals surface area (Å²) in [6, 6.07) is 0. The van der Waals surface area contributed by atoms with Gasteiger partial charge in [-0.15, -0.1) is 0 Å². The Morgan fingerprint density at radius 1 is 0.652 bits per heavy atom. The third-order valence-corrected chi connectivity index (χ3v) is 3.98. The first-order chi connectivity index (χ1) is 10.8. The van der Waals surface area contributed by atoms with Gasteiger partial charge in [-0.25, -0.2) is 0 Å². The van der Waals surface area contributed by atoms with Gasteiger partial charge in [0.15, 0.2) is 12.6 Å². The van der Waals surface area contributed by atoms with Gasteiger partial charge in [-0.2, -0.15) is 0 Å². The summed E-state index contributed by atoms with van der Waals surface area (Å²) in [6.07, 6.45) is -15.7. The molecule has 0 bridgehead atoms. The molecule has 11 heteroatoms. The third-order valence-electron chi connectivity index (χ3n) is 3.98. The number of aliphatic hydroxyl groups is 8. The molecule has 2 heterocycles. The Morgan fingerprint density at radius 3 is 1.78 bits per heavy atom. The van der Waals surface area contributed by atoms with Gasteiger partial charge in [0.05, 0.1) is 13.2 Å². The summed E-state index contributed by atoms with van der Waals surface area (Å²) in [5.74, 6) is 0. The molecular weight excluding hydrogens is 320 g/mol. The van der Waals surface area contributed by atoms with Crippen LogP contribution in [0.25, 0.3) is 0 Å². The first-order valence-electron chi connectivity index (χ1n) is 7.08. The Morgan fingerprint density at radius 2 is 1.22 bits per heavy atom. The summed E-state index contributed by atoms with van der Waals surface area (Å²) in [5, 5.41) is 76.8. The summed E-state index contributed by atoms with van der Waals surface area (Å²) in [6.45, 7) is -1.34. The van der Waals surface area contributed by atoms with Crippen molar-refractivity contribution in [1.29, 1.82) is 0 Å². The molecule has 0 amide bonds. The zero-order chi connectivity index (χ0) is 17.3. The summed E-state index contributed by atoms with van der Waals surface area (Å²) in [4.78, 5) is 0. The van der Waals surface area contributed by atoms with E-state index in [-0.39, 0.29) is 0 Å². The molecule has 2 aliphatic rings. The molecule has 2 saturated heterocycles. The highest BCUT2D eigenvalue weighted by Crippen LogP contribution is 2.28. The maximum Gasteiger partial charge on any atom is 0.187 e. The van der Waals surface area contributed by atoms with Gasteiger partial charge in [-0.3, -0.25) is 0 Å². The number of hydrogen-bond acceptors (Lipinski definition) is 11. The molecule has 0 aliphatic carbocycles. The Hall–Kier alpha value is -0.440. The zero-order valence-electron chi connectivity index (χ0n) is 12.0. The van der Waals surface area contributed by atoms with Crippen LogP contribution in [0, 0.1) is 0 Å².